The molecule has 17 heavy (non-hydrogen) atoms. The zero-order valence-electron chi connectivity index (χ0n) is 9.83. The molecule has 86 valence electrons. The zero-order valence-corrected chi connectivity index (χ0v) is 10.6. The van der Waals surface area contributed by atoms with E-state index in [1.54, 1.807) is 19.1 Å². The van der Waals surface area contributed by atoms with Gasteiger partial charge >= 0.3 is 0 Å². The van der Waals surface area contributed by atoms with Crippen LogP contribution < -0.4 is 0 Å². The molecule has 2 heteroatoms. The standard InChI is InChI=1S/C15H13ClO/c1-10-5-3-4-6-13(10)14-9-12(11(2)17)7-8-15(14)16/h3-9H,1-2H3. The second-order valence-electron chi connectivity index (χ2n) is 4.07. The Morgan fingerprint density at radius 1 is 1.06 bits per heavy atom. The van der Waals surface area contributed by atoms with E-state index < -0.39 is 0 Å². The van der Waals surface area contributed by atoms with Gasteiger partial charge < -0.3 is 0 Å². The van der Waals surface area contributed by atoms with E-state index in [0.717, 1.165) is 16.7 Å². The lowest BCUT2D eigenvalue weighted by Gasteiger charge is -2.09. The van der Waals surface area contributed by atoms with Gasteiger partial charge in [-0.25, -0.2) is 0 Å². The number of hydrogen-bond acceptors (Lipinski definition) is 1. The van der Waals surface area contributed by atoms with Crippen LogP contribution in [0.4, 0.5) is 0 Å². The number of rotatable bonds is 2. The van der Waals surface area contributed by atoms with Crippen molar-refractivity contribution in [2.24, 2.45) is 0 Å². The van der Waals surface area contributed by atoms with E-state index in [4.69, 9.17) is 11.6 Å². The van der Waals surface area contributed by atoms with Crippen molar-refractivity contribution in [3.63, 3.8) is 0 Å². The number of Topliss-reactive ketones (excluding diaryl/α,β-unsaturated/α-hetero) is 1. The van der Waals surface area contributed by atoms with Crippen LogP contribution >= 0.6 is 11.6 Å². The molecular weight excluding hydrogens is 232 g/mol. The van der Waals surface area contributed by atoms with E-state index in [2.05, 4.69) is 0 Å². The average Bonchev–Trinajstić information content (AvgIpc) is 2.30. The Hall–Kier alpha value is -1.60. The predicted octanol–water partition coefficient (Wildman–Crippen LogP) is 4.52. The maximum atomic E-state index is 11.4. The Bertz CT molecular complexity index is 573. The van der Waals surface area contributed by atoms with Crippen molar-refractivity contribution in [1.82, 2.24) is 0 Å². The van der Waals surface area contributed by atoms with Crippen LogP contribution in [0.1, 0.15) is 22.8 Å². The van der Waals surface area contributed by atoms with Gasteiger partial charge in [-0.1, -0.05) is 35.9 Å². The Kier molecular flexibility index (Phi) is 3.30. The van der Waals surface area contributed by atoms with Crippen molar-refractivity contribution in [1.29, 1.82) is 0 Å². The highest BCUT2D eigenvalue weighted by molar-refractivity contribution is 6.33. The second-order valence-corrected chi connectivity index (χ2v) is 4.47. The molecule has 0 saturated carbocycles. The number of hydrogen-bond donors (Lipinski definition) is 0. The van der Waals surface area contributed by atoms with Crippen LogP contribution in [0.25, 0.3) is 11.1 Å². The maximum Gasteiger partial charge on any atom is 0.159 e. The summed E-state index contributed by atoms with van der Waals surface area (Å²) < 4.78 is 0. The highest BCUT2D eigenvalue weighted by Gasteiger charge is 2.08. The molecule has 0 bridgehead atoms. The molecule has 0 aliphatic heterocycles. The Morgan fingerprint density at radius 2 is 1.76 bits per heavy atom. The number of ketones is 1. The first-order valence-electron chi connectivity index (χ1n) is 5.46. The van der Waals surface area contributed by atoms with Gasteiger partial charge in [-0.2, -0.15) is 0 Å². The van der Waals surface area contributed by atoms with Crippen LogP contribution in [-0.2, 0) is 0 Å². The molecule has 0 amide bonds. The smallest absolute Gasteiger partial charge is 0.159 e. The van der Waals surface area contributed by atoms with Crippen molar-refractivity contribution in [2.45, 2.75) is 13.8 Å². The fourth-order valence-corrected chi connectivity index (χ4v) is 2.05. The van der Waals surface area contributed by atoms with Crippen molar-refractivity contribution in [3.8, 4) is 11.1 Å². The van der Waals surface area contributed by atoms with Crippen LogP contribution in [-0.4, -0.2) is 5.78 Å². The average molecular weight is 245 g/mol. The topological polar surface area (TPSA) is 17.1 Å². The number of halogens is 1. The van der Waals surface area contributed by atoms with Gasteiger partial charge in [0.05, 0.1) is 0 Å². The van der Waals surface area contributed by atoms with E-state index in [1.165, 1.54) is 0 Å². The van der Waals surface area contributed by atoms with Gasteiger partial charge in [0, 0.05) is 16.1 Å². The summed E-state index contributed by atoms with van der Waals surface area (Å²) in [4.78, 5) is 11.4. The summed E-state index contributed by atoms with van der Waals surface area (Å²) in [6.45, 7) is 3.59. The fourth-order valence-electron chi connectivity index (χ4n) is 1.83. The minimum atomic E-state index is 0.0523. The third kappa shape index (κ3) is 2.40. The summed E-state index contributed by atoms with van der Waals surface area (Å²) in [5.74, 6) is 0.0523. The maximum absolute atomic E-state index is 11.4. The molecule has 1 nitrogen and oxygen atoms in total. The number of carbonyl (C=O) groups is 1. The van der Waals surface area contributed by atoms with E-state index in [0.29, 0.717) is 10.6 Å². The fraction of sp³-hybridized carbons (Fsp3) is 0.133. The minimum absolute atomic E-state index is 0.0523. The third-order valence-corrected chi connectivity index (χ3v) is 3.14. The second kappa shape index (κ2) is 4.72. The summed E-state index contributed by atoms with van der Waals surface area (Å²) in [7, 11) is 0. The van der Waals surface area contributed by atoms with Gasteiger partial charge in [-0.05, 0) is 43.2 Å². The monoisotopic (exact) mass is 244 g/mol. The molecular formula is C15H13ClO. The van der Waals surface area contributed by atoms with Gasteiger partial charge in [0.1, 0.15) is 0 Å². The summed E-state index contributed by atoms with van der Waals surface area (Å²) in [6.07, 6.45) is 0. The van der Waals surface area contributed by atoms with E-state index >= 15 is 0 Å². The van der Waals surface area contributed by atoms with Crippen LogP contribution in [0, 0.1) is 6.92 Å². The quantitative estimate of drug-likeness (QED) is 0.710. The van der Waals surface area contributed by atoms with Crippen molar-refractivity contribution < 1.29 is 4.79 Å². The molecule has 0 aliphatic rings. The van der Waals surface area contributed by atoms with Crippen LogP contribution in [0.5, 0.6) is 0 Å². The molecule has 2 rings (SSSR count). The highest BCUT2D eigenvalue weighted by Crippen LogP contribution is 2.31. The lowest BCUT2D eigenvalue weighted by molar-refractivity contribution is 0.101. The Morgan fingerprint density at radius 3 is 2.41 bits per heavy atom. The van der Waals surface area contributed by atoms with Gasteiger partial charge in [0.15, 0.2) is 5.78 Å². The molecule has 0 aliphatic carbocycles. The molecule has 2 aromatic rings. The van der Waals surface area contributed by atoms with Crippen LogP contribution in [0.15, 0.2) is 42.5 Å². The molecule has 0 radical (unpaired) electrons. The molecule has 0 unspecified atom stereocenters. The molecule has 0 spiro atoms. The van der Waals surface area contributed by atoms with E-state index in [9.17, 15) is 4.79 Å². The Labute approximate surface area is 106 Å². The summed E-state index contributed by atoms with van der Waals surface area (Å²) in [6, 6.07) is 13.4. The number of benzene rings is 2. The SMILES string of the molecule is CC(=O)c1ccc(Cl)c(-c2ccccc2C)c1. The number of carbonyl (C=O) groups excluding carboxylic acids is 1. The normalized spacial score (nSPS) is 10.3. The molecule has 2 aromatic carbocycles. The van der Waals surface area contributed by atoms with Gasteiger partial charge in [-0.15, -0.1) is 0 Å². The highest BCUT2D eigenvalue weighted by atomic mass is 35.5. The van der Waals surface area contributed by atoms with Gasteiger partial charge in [0.2, 0.25) is 0 Å². The largest absolute Gasteiger partial charge is 0.295 e. The molecule has 0 N–H and O–H groups in total. The van der Waals surface area contributed by atoms with Crippen molar-refractivity contribution >= 4 is 17.4 Å². The predicted molar refractivity (Wildman–Crippen MR) is 71.6 cm³/mol. The van der Waals surface area contributed by atoms with Crippen LogP contribution in [0.3, 0.4) is 0 Å². The molecule has 0 atom stereocenters. The van der Waals surface area contributed by atoms with Crippen molar-refractivity contribution in [2.75, 3.05) is 0 Å². The van der Waals surface area contributed by atoms with Gasteiger partial charge in [-0.3, -0.25) is 4.79 Å². The molecule has 0 aromatic heterocycles. The van der Waals surface area contributed by atoms with E-state index in [1.807, 2.05) is 37.3 Å². The first kappa shape index (κ1) is 11.9. The lowest BCUT2D eigenvalue weighted by Crippen LogP contribution is -1.93. The van der Waals surface area contributed by atoms with Gasteiger partial charge in [0.25, 0.3) is 0 Å². The molecule has 0 fully saturated rings. The first-order chi connectivity index (χ1) is 8.09. The lowest BCUT2D eigenvalue weighted by atomic mass is 9.98. The first-order valence-corrected chi connectivity index (χ1v) is 5.84. The third-order valence-electron chi connectivity index (χ3n) is 2.81. The zero-order chi connectivity index (χ0) is 12.4. The van der Waals surface area contributed by atoms with Crippen LogP contribution in [0.2, 0.25) is 5.02 Å². The molecule has 0 heterocycles. The van der Waals surface area contributed by atoms with E-state index in [-0.39, 0.29) is 5.78 Å². The summed E-state index contributed by atoms with van der Waals surface area (Å²) in [5.41, 5.74) is 3.82. The van der Waals surface area contributed by atoms with Crippen molar-refractivity contribution in [3.05, 3.63) is 58.6 Å². The Balaban J connectivity index is 2.63. The number of aryl methyl sites for hydroxylation is 1. The summed E-state index contributed by atoms with van der Waals surface area (Å²) in [5, 5.41) is 0.671. The minimum Gasteiger partial charge on any atom is -0.295 e. The molecule has 0 saturated heterocycles. The summed E-state index contributed by atoms with van der Waals surface area (Å²) >= 11 is 6.20.